The summed E-state index contributed by atoms with van der Waals surface area (Å²) < 4.78 is 5.21. The second-order valence-electron chi connectivity index (χ2n) is 5.01. The average Bonchev–Trinajstić information content (AvgIpc) is 2.56. The Kier molecular flexibility index (Phi) is 5.68. The molecule has 0 saturated carbocycles. The number of likely N-dealkylation sites (tertiary alicyclic amines) is 1. The quantitative estimate of drug-likeness (QED) is 0.684. The summed E-state index contributed by atoms with van der Waals surface area (Å²) in [4.78, 5) is 14.0. The molecular formula is C16H18ClN3O2. The molecule has 1 aromatic carbocycles. The topological polar surface area (TPSA) is 65.4 Å². The second kappa shape index (κ2) is 7.71. The molecule has 1 aromatic rings. The van der Waals surface area contributed by atoms with Crippen LogP contribution in [0.25, 0.3) is 0 Å². The van der Waals surface area contributed by atoms with Crippen LogP contribution in [0.2, 0.25) is 5.02 Å². The molecule has 0 bridgehead atoms. The lowest BCUT2D eigenvalue weighted by Crippen LogP contribution is -2.36. The Morgan fingerprint density at radius 3 is 2.77 bits per heavy atom. The highest BCUT2D eigenvalue weighted by molar-refractivity contribution is 6.30. The Morgan fingerprint density at radius 1 is 1.41 bits per heavy atom. The van der Waals surface area contributed by atoms with Crippen LogP contribution in [-0.4, -0.2) is 31.0 Å². The number of methoxy groups -OCH3 is 1. The highest BCUT2D eigenvalue weighted by atomic mass is 35.5. The standard InChI is InChI=1S/C16H18ClN3O2/c1-22-15-6-5-13(17)9-14(15)19-11-12(10-18)16(21)20-7-3-2-4-8-20/h5-6,9,11,19H,2-4,7-8H2,1H3/b12-11-. The van der Waals surface area contributed by atoms with Crippen LogP contribution in [0.3, 0.4) is 0 Å². The van der Waals surface area contributed by atoms with Gasteiger partial charge in [0, 0.05) is 24.3 Å². The zero-order chi connectivity index (χ0) is 15.9. The van der Waals surface area contributed by atoms with E-state index in [1.807, 2.05) is 6.07 Å². The van der Waals surface area contributed by atoms with Gasteiger partial charge in [0.1, 0.15) is 17.4 Å². The van der Waals surface area contributed by atoms with Gasteiger partial charge < -0.3 is 15.0 Å². The van der Waals surface area contributed by atoms with Crippen LogP contribution in [0.5, 0.6) is 5.75 Å². The number of anilines is 1. The number of nitrogens with one attached hydrogen (secondary N) is 1. The lowest BCUT2D eigenvalue weighted by Gasteiger charge is -2.26. The molecule has 0 spiro atoms. The van der Waals surface area contributed by atoms with Gasteiger partial charge in [-0.05, 0) is 37.5 Å². The number of carbonyl (C=O) groups is 1. The first-order valence-corrected chi connectivity index (χ1v) is 7.53. The van der Waals surface area contributed by atoms with Crippen molar-refractivity contribution in [2.45, 2.75) is 19.3 Å². The minimum atomic E-state index is -0.240. The van der Waals surface area contributed by atoms with Crippen LogP contribution in [0.1, 0.15) is 19.3 Å². The fourth-order valence-corrected chi connectivity index (χ4v) is 2.52. The van der Waals surface area contributed by atoms with Crippen LogP contribution in [-0.2, 0) is 4.79 Å². The van der Waals surface area contributed by atoms with Crippen molar-refractivity contribution in [3.8, 4) is 11.8 Å². The van der Waals surface area contributed by atoms with Crippen molar-refractivity contribution in [1.82, 2.24) is 4.90 Å². The van der Waals surface area contributed by atoms with Crippen LogP contribution in [0.4, 0.5) is 5.69 Å². The third kappa shape index (κ3) is 3.92. The summed E-state index contributed by atoms with van der Waals surface area (Å²) in [5.74, 6) is 0.346. The van der Waals surface area contributed by atoms with Gasteiger partial charge in [0.15, 0.2) is 0 Å². The van der Waals surface area contributed by atoms with Gasteiger partial charge in [0.05, 0.1) is 12.8 Å². The molecule has 0 atom stereocenters. The lowest BCUT2D eigenvalue weighted by atomic mass is 10.1. The van der Waals surface area contributed by atoms with E-state index in [2.05, 4.69) is 5.32 Å². The third-order valence-electron chi connectivity index (χ3n) is 3.53. The van der Waals surface area contributed by atoms with E-state index in [-0.39, 0.29) is 11.5 Å². The first kappa shape index (κ1) is 16.2. The van der Waals surface area contributed by atoms with Crippen molar-refractivity contribution < 1.29 is 9.53 Å². The number of nitriles is 1. The summed E-state index contributed by atoms with van der Waals surface area (Å²) in [5, 5.41) is 12.7. The summed E-state index contributed by atoms with van der Waals surface area (Å²) in [5.41, 5.74) is 0.679. The molecule has 1 saturated heterocycles. The van der Waals surface area contributed by atoms with Gasteiger partial charge in [-0.3, -0.25) is 4.79 Å². The predicted octanol–water partition coefficient (Wildman–Crippen LogP) is 3.18. The molecular weight excluding hydrogens is 302 g/mol. The van der Waals surface area contributed by atoms with Crippen LogP contribution in [0, 0.1) is 11.3 Å². The molecule has 0 aliphatic carbocycles. The number of ether oxygens (including phenoxy) is 1. The second-order valence-corrected chi connectivity index (χ2v) is 5.45. The van der Waals surface area contributed by atoms with Gasteiger partial charge in [-0.25, -0.2) is 0 Å². The number of hydrogen-bond donors (Lipinski definition) is 1. The maximum absolute atomic E-state index is 12.3. The number of nitrogens with zero attached hydrogens (tertiary/aromatic N) is 2. The average molecular weight is 320 g/mol. The zero-order valence-corrected chi connectivity index (χ0v) is 13.2. The molecule has 5 nitrogen and oxygen atoms in total. The molecule has 1 aliphatic rings. The monoisotopic (exact) mass is 319 g/mol. The van der Waals surface area contributed by atoms with E-state index < -0.39 is 0 Å². The fourth-order valence-electron chi connectivity index (χ4n) is 2.35. The minimum absolute atomic E-state index is 0.0731. The van der Waals surface area contributed by atoms with Gasteiger partial charge in [-0.15, -0.1) is 0 Å². The maximum atomic E-state index is 12.3. The number of carbonyl (C=O) groups excluding carboxylic acids is 1. The molecule has 22 heavy (non-hydrogen) atoms. The molecule has 6 heteroatoms. The van der Waals surface area contributed by atoms with E-state index in [4.69, 9.17) is 16.3 Å². The van der Waals surface area contributed by atoms with E-state index in [0.29, 0.717) is 29.5 Å². The van der Waals surface area contributed by atoms with Gasteiger partial charge in [0.25, 0.3) is 5.91 Å². The molecule has 1 aliphatic heterocycles. The van der Waals surface area contributed by atoms with Crippen molar-refractivity contribution in [1.29, 1.82) is 5.26 Å². The van der Waals surface area contributed by atoms with E-state index in [0.717, 1.165) is 19.3 Å². The van der Waals surface area contributed by atoms with Crippen LogP contribution < -0.4 is 10.1 Å². The lowest BCUT2D eigenvalue weighted by molar-refractivity contribution is -0.127. The number of halogens is 1. The van der Waals surface area contributed by atoms with Crippen molar-refractivity contribution in [2.24, 2.45) is 0 Å². The Morgan fingerprint density at radius 2 is 2.14 bits per heavy atom. The molecule has 0 unspecified atom stereocenters. The number of piperidine rings is 1. The van der Waals surface area contributed by atoms with Gasteiger partial charge in [-0.2, -0.15) is 5.26 Å². The number of benzene rings is 1. The summed E-state index contributed by atoms with van der Waals surface area (Å²) in [6, 6.07) is 7.06. The normalized spacial score (nSPS) is 15.1. The molecule has 116 valence electrons. The van der Waals surface area contributed by atoms with E-state index in [9.17, 15) is 10.1 Å². The molecule has 1 heterocycles. The Labute approximate surface area is 135 Å². The highest BCUT2D eigenvalue weighted by Gasteiger charge is 2.20. The Balaban J connectivity index is 2.14. The van der Waals surface area contributed by atoms with Crippen molar-refractivity contribution in [3.63, 3.8) is 0 Å². The molecule has 0 radical (unpaired) electrons. The maximum Gasteiger partial charge on any atom is 0.266 e. The summed E-state index contributed by atoms with van der Waals surface area (Å²) in [6.07, 6.45) is 4.51. The highest BCUT2D eigenvalue weighted by Crippen LogP contribution is 2.27. The predicted molar refractivity (Wildman–Crippen MR) is 85.8 cm³/mol. The smallest absolute Gasteiger partial charge is 0.266 e. The first-order valence-electron chi connectivity index (χ1n) is 7.15. The van der Waals surface area contributed by atoms with Crippen LogP contribution in [0.15, 0.2) is 30.0 Å². The van der Waals surface area contributed by atoms with E-state index in [1.54, 1.807) is 30.2 Å². The number of hydrogen-bond acceptors (Lipinski definition) is 4. The van der Waals surface area contributed by atoms with Crippen LogP contribution >= 0.6 is 11.6 Å². The van der Waals surface area contributed by atoms with Gasteiger partial charge >= 0.3 is 0 Å². The fraction of sp³-hybridized carbons (Fsp3) is 0.375. The summed E-state index contributed by atoms with van der Waals surface area (Å²) >= 11 is 5.95. The van der Waals surface area contributed by atoms with Crippen molar-refractivity contribution in [2.75, 3.05) is 25.5 Å². The summed E-state index contributed by atoms with van der Waals surface area (Å²) in [7, 11) is 1.54. The Bertz CT molecular complexity index is 616. The summed E-state index contributed by atoms with van der Waals surface area (Å²) in [6.45, 7) is 1.41. The molecule has 1 fully saturated rings. The number of amides is 1. The first-order chi connectivity index (χ1) is 10.7. The minimum Gasteiger partial charge on any atom is -0.495 e. The molecule has 1 amide bonds. The molecule has 0 aromatic heterocycles. The molecule has 1 N–H and O–H groups in total. The van der Waals surface area contributed by atoms with Gasteiger partial charge in [-0.1, -0.05) is 11.6 Å². The molecule has 2 rings (SSSR count). The van der Waals surface area contributed by atoms with E-state index >= 15 is 0 Å². The SMILES string of the molecule is COc1ccc(Cl)cc1N/C=C(/C#N)C(=O)N1CCCCC1. The van der Waals surface area contributed by atoms with Crippen molar-refractivity contribution in [3.05, 3.63) is 35.0 Å². The van der Waals surface area contributed by atoms with E-state index in [1.165, 1.54) is 6.20 Å². The van der Waals surface area contributed by atoms with Gasteiger partial charge in [0.2, 0.25) is 0 Å². The zero-order valence-electron chi connectivity index (χ0n) is 12.4. The van der Waals surface area contributed by atoms with Crippen molar-refractivity contribution >= 4 is 23.2 Å². The number of rotatable bonds is 4. The largest absolute Gasteiger partial charge is 0.495 e. The third-order valence-corrected chi connectivity index (χ3v) is 3.76. The Hall–Kier alpha value is -2.19.